The molecule has 1 fully saturated rings. The average molecular weight is 255 g/mol. The van der Waals surface area contributed by atoms with Crippen LogP contribution in [-0.2, 0) is 4.74 Å². The summed E-state index contributed by atoms with van der Waals surface area (Å²) in [5.74, 6) is 0. The highest BCUT2D eigenvalue weighted by Crippen LogP contribution is 2.27. The fourth-order valence-electron chi connectivity index (χ4n) is 2.00. The van der Waals surface area contributed by atoms with Gasteiger partial charge < -0.3 is 15.0 Å². The number of aromatic nitrogens is 1. The summed E-state index contributed by atoms with van der Waals surface area (Å²) >= 11 is 1.74. The zero-order valence-electron chi connectivity index (χ0n) is 10.8. The van der Waals surface area contributed by atoms with Gasteiger partial charge in [-0.05, 0) is 20.4 Å². The van der Waals surface area contributed by atoms with Gasteiger partial charge in [0.15, 0.2) is 5.13 Å². The minimum atomic E-state index is 0.320. The van der Waals surface area contributed by atoms with Crippen LogP contribution in [0.4, 0.5) is 5.13 Å². The second-order valence-electron chi connectivity index (χ2n) is 4.40. The maximum absolute atomic E-state index is 5.52. The van der Waals surface area contributed by atoms with Gasteiger partial charge in [-0.15, -0.1) is 11.3 Å². The van der Waals surface area contributed by atoms with E-state index in [2.05, 4.69) is 29.4 Å². The highest BCUT2D eigenvalue weighted by molar-refractivity contribution is 7.13. The molecule has 1 saturated heterocycles. The number of morpholine rings is 1. The van der Waals surface area contributed by atoms with E-state index in [0.29, 0.717) is 12.1 Å². The fraction of sp³-hybridized carbons (Fsp3) is 0.750. The first-order valence-electron chi connectivity index (χ1n) is 6.23. The summed E-state index contributed by atoms with van der Waals surface area (Å²) in [7, 11) is 1.97. The molecule has 5 heteroatoms. The maximum Gasteiger partial charge on any atom is 0.185 e. The lowest BCUT2D eigenvalue weighted by molar-refractivity contribution is 0.0929. The summed E-state index contributed by atoms with van der Waals surface area (Å²) < 4.78 is 5.52. The van der Waals surface area contributed by atoms with Gasteiger partial charge in [0, 0.05) is 18.0 Å². The first-order chi connectivity index (χ1) is 8.26. The number of thiazole rings is 1. The van der Waals surface area contributed by atoms with Crippen LogP contribution in [0.2, 0.25) is 0 Å². The lowest BCUT2D eigenvalue weighted by Crippen LogP contribution is -2.45. The summed E-state index contributed by atoms with van der Waals surface area (Å²) in [5, 5.41) is 6.51. The van der Waals surface area contributed by atoms with Gasteiger partial charge in [0.2, 0.25) is 0 Å². The van der Waals surface area contributed by atoms with Crippen molar-refractivity contribution in [2.45, 2.75) is 32.4 Å². The summed E-state index contributed by atoms with van der Waals surface area (Å²) in [5.41, 5.74) is 1.13. The van der Waals surface area contributed by atoms with Crippen molar-refractivity contribution in [1.29, 1.82) is 0 Å². The van der Waals surface area contributed by atoms with E-state index in [9.17, 15) is 0 Å². The highest BCUT2D eigenvalue weighted by Gasteiger charge is 2.24. The van der Waals surface area contributed by atoms with Gasteiger partial charge in [-0.3, -0.25) is 0 Å². The molecule has 2 atom stereocenters. The molecule has 1 aliphatic rings. The predicted molar refractivity (Wildman–Crippen MR) is 71.8 cm³/mol. The number of nitrogens with zero attached hydrogens (tertiary/aromatic N) is 2. The average Bonchev–Trinajstić information content (AvgIpc) is 2.87. The third-order valence-electron chi connectivity index (χ3n) is 3.33. The van der Waals surface area contributed by atoms with E-state index in [4.69, 9.17) is 9.72 Å². The van der Waals surface area contributed by atoms with Crippen LogP contribution in [-0.4, -0.2) is 37.8 Å². The van der Waals surface area contributed by atoms with Crippen molar-refractivity contribution < 1.29 is 4.74 Å². The van der Waals surface area contributed by atoms with Gasteiger partial charge in [-0.2, -0.15) is 0 Å². The van der Waals surface area contributed by atoms with Gasteiger partial charge in [-0.25, -0.2) is 4.98 Å². The summed E-state index contributed by atoms with van der Waals surface area (Å²) in [4.78, 5) is 7.12. The molecule has 0 amide bonds. The van der Waals surface area contributed by atoms with Crippen LogP contribution < -0.4 is 10.2 Å². The Morgan fingerprint density at radius 2 is 2.53 bits per heavy atom. The van der Waals surface area contributed by atoms with E-state index >= 15 is 0 Å². The van der Waals surface area contributed by atoms with Crippen LogP contribution in [0, 0.1) is 0 Å². The van der Waals surface area contributed by atoms with Crippen LogP contribution in [0.3, 0.4) is 0 Å². The molecule has 1 N–H and O–H groups in total. The van der Waals surface area contributed by atoms with E-state index in [1.54, 1.807) is 11.3 Å². The zero-order chi connectivity index (χ0) is 12.3. The van der Waals surface area contributed by atoms with Crippen LogP contribution in [0.15, 0.2) is 5.38 Å². The Balaban J connectivity index is 2.12. The monoisotopic (exact) mass is 255 g/mol. The van der Waals surface area contributed by atoms with Crippen molar-refractivity contribution in [3.8, 4) is 0 Å². The molecule has 0 aromatic carbocycles. The smallest absolute Gasteiger partial charge is 0.185 e. The summed E-state index contributed by atoms with van der Waals surface area (Å²) in [6, 6.07) is 0.800. The Morgan fingerprint density at radius 1 is 1.71 bits per heavy atom. The lowest BCUT2D eigenvalue weighted by Gasteiger charge is -2.34. The van der Waals surface area contributed by atoms with Crippen molar-refractivity contribution in [1.82, 2.24) is 10.3 Å². The zero-order valence-corrected chi connectivity index (χ0v) is 11.6. The molecule has 1 aromatic heterocycles. The Labute approximate surface area is 107 Å². The number of hydrogen-bond donors (Lipinski definition) is 1. The summed E-state index contributed by atoms with van der Waals surface area (Å²) in [6.45, 7) is 6.94. The van der Waals surface area contributed by atoms with Crippen LogP contribution in [0.25, 0.3) is 0 Å². The molecular formula is C12H21N3OS. The second-order valence-corrected chi connectivity index (χ2v) is 5.23. The lowest BCUT2D eigenvalue weighted by atomic mass is 10.2. The SMILES string of the molecule is CCC1COCCN1c1nc(C(C)NC)cs1. The molecule has 1 aliphatic heterocycles. The largest absolute Gasteiger partial charge is 0.377 e. The normalized spacial score (nSPS) is 22.8. The number of rotatable bonds is 4. The highest BCUT2D eigenvalue weighted by atomic mass is 32.1. The molecule has 0 saturated carbocycles. The molecule has 2 unspecified atom stereocenters. The van der Waals surface area contributed by atoms with E-state index in [1.165, 1.54) is 0 Å². The summed E-state index contributed by atoms with van der Waals surface area (Å²) in [6.07, 6.45) is 1.11. The minimum absolute atomic E-state index is 0.320. The predicted octanol–water partition coefficient (Wildman–Crippen LogP) is 2.04. The van der Waals surface area contributed by atoms with Crippen LogP contribution in [0.1, 0.15) is 32.0 Å². The van der Waals surface area contributed by atoms with Gasteiger partial charge >= 0.3 is 0 Å². The Bertz CT molecular complexity index is 355. The first-order valence-corrected chi connectivity index (χ1v) is 7.11. The van der Waals surface area contributed by atoms with Crippen molar-refractivity contribution in [3.63, 3.8) is 0 Å². The van der Waals surface area contributed by atoms with E-state index in [-0.39, 0.29) is 0 Å². The number of ether oxygens (including phenoxy) is 1. The molecule has 4 nitrogen and oxygen atoms in total. The fourth-order valence-corrected chi connectivity index (χ4v) is 3.02. The van der Waals surface area contributed by atoms with Gasteiger partial charge in [0.1, 0.15) is 0 Å². The van der Waals surface area contributed by atoms with E-state index in [0.717, 1.165) is 37.0 Å². The Morgan fingerprint density at radius 3 is 3.24 bits per heavy atom. The molecule has 2 rings (SSSR count). The van der Waals surface area contributed by atoms with Gasteiger partial charge in [0.25, 0.3) is 0 Å². The third kappa shape index (κ3) is 2.78. The van der Waals surface area contributed by atoms with E-state index < -0.39 is 0 Å². The first kappa shape index (κ1) is 12.8. The molecule has 0 spiro atoms. The molecular weight excluding hydrogens is 234 g/mol. The van der Waals surface area contributed by atoms with Crippen molar-refractivity contribution in [2.24, 2.45) is 0 Å². The third-order valence-corrected chi connectivity index (χ3v) is 4.23. The number of anilines is 1. The van der Waals surface area contributed by atoms with Crippen LogP contribution in [0.5, 0.6) is 0 Å². The van der Waals surface area contributed by atoms with Gasteiger partial charge in [-0.1, -0.05) is 6.92 Å². The maximum atomic E-state index is 5.52. The number of nitrogens with one attached hydrogen (secondary N) is 1. The molecule has 0 radical (unpaired) electrons. The molecule has 96 valence electrons. The molecule has 1 aromatic rings. The topological polar surface area (TPSA) is 37.4 Å². The standard InChI is InChI=1S/C12H21N3OS/c1-4-10-7-16-6-5-15(10)12-14-11(8-17-12)9(2)13-3/h8-10,13H,4-7H2,1-3H3. The minimum Gasteiger partial charge on any atom is -0.377 e. The second kappa shape index (κ2) is 5.80. The van der Waals surface area contributed by atoms with Crippen LogP contribution >= 0.6 is 11.3 Å². The Kier molecular flexibility index (Phi) is 4.36. The van der Waals surface area contributed by atoms with E-state index in [1.807, 2.05) is 7.05 Å². The Hall–Kier alpha value is -0.650. The molecule has 2 heterocycles. The van der Waals surface area contributed by atoms with Crippen molar-refractivity contribution in [2.75, 3.05) is 31.7 Å². The molecule has 0 bridgehead atoms. The van der Waals surface area contributed by atoms with Crippen molar-refractivity contribution >= 4 is 16.5 Å². The number of hydrogen-bond acceptors (Lipinski definition) is 5. The molecule has 0 aliphatic carbocycles. The molecule has 17 heavy (non-hydrogen) atoms. The van der Waals surface area contributed by atoms with Crippen molar-refractivity contribution in [3.05, 3.63) is 11.1 Å². The quantitative estimate of drug-likeness (QED) is 0.893. The van der Waals surface area contributed by atoms with Gasteiger partial charge in [0.05, 0.1) is 24.9 Å².